The number of nitrogens with zero attached hydrogens (tertiary/aromatic N) is 1. The lowest BCUT2D eigenvalue weighted by atomic mass is 10.1. The highest BCUT2D eigenvalue weighted by Gasteiger charge is 2.12. The minimum absolute atomic E-state index is 0.00285. The highest BCUT2D eigenvalue weighted by molar-refractivity contribution is 5.77. The molecule has 1 N–H and O–H groups in total. The van der Waals surface area contributed by atoms with Crippen molar-refractivity contribution in [2.45, 2.75) is 45.7 Å². The Morgan fingerprint density at radius 2 is 1.86 bits per heavy atom. The third-order valence-electron chi connectivity index (χ3n) is 3.81. The summed E-state index contributed by atoms with van der Waals surface area (Å²) in [5.74, 6) is 0.739. The van der Waals surface area contributed by atoms with Crippen LogP contribution in [0.5, 0.6) is 5.75 Å². The third kappa shape index (κ3) is 6.17. The molecule has 4 nitrogen and oxygen atoms in total. The summed E-state index contributed by atoms with van der Waals surface area (Å²) in [7, 11) is 3.77. The number of ether oxygens (including phenoxy) is 1. The summed E-state index contributed by atoms with van der Waals surface area (Å²) < 4.78 is 5.54. The van der Waals surface area contributed by atoms with Crippen LogP contribution in [0.25, 0.3) is 0 Å². The van der Waals surface area contributed by atoms with Gasteiger partial charge < -0.3 is 15.0 Å². The lowest BCUT2D eigenvalue weighted by Crippen LogP contribution is -2.36. The van der Waals surface area contributed by atoms with Gasteiger partial charge in [0, 0.05) is 19.1 Å². The van der Waals surface area contributed by atoms with E-state index in [4.69, 9.17) is 4.74 Å². The summed E-state index contributed by atoms with van der Waals surface area (Å²) in [6, 6.07) is 8.70. The van der Waals surface area contributed by atoms with Gasteiger partial charge in [-0.1, -0.05) is 12.1 Å². The lowest BCUT2D eigenvalue weighted by Gasteiger charge is -2.21. The predicted molar refractivity (Wildman–Crippen MR) is 86.7 cm³/mol. The quantitative estimate of drug-likeness (QED) is 0.800. The van der Waals surface area contributed by atoms with Crippen molar-refractivity contribution in [1.29, 1.82) is 0 Å². The fourth-order valence-corrected chi connectivity index (χ4v) is 1.81. The van der Waals surface area contributed by atoms with E-state index >= 15 is 0 Å². The first-order valence-electron chi connectivity index (χ1n) is 7.58. The summed E-state index contributed by atoms with van der Waals surface area (Å²) in [5.41, 5.74) is 1.29. The fraction of sp³-hybridized carbons (Fsp3) is 0.588. The van der Waals surface area contributed by atoms with E-state index in [1.54, 1.807) is 11.9 Å². The first-order chi connectivity index (χ1) is 9.93. The van der Waals surface area contributed by atoms with Crippen LogP contribution in [0, 0.1) is 0 Å². The van der Waals surface area contributed by atoms with E-state index in [1.807, 2.05) is 33.0 Å². The van der Waals surface area contributed by atoms with Crippen LogP contribution in [-0.2, 0) is 11.2 Å². The van der Waals surface area contributed by atoms with Gasteiger partial charge in [-0.05, 0) is 58.4 Å². The Bertz CT molecular complexity index is 429. The van der Waals surface area contributed by atoms with Gasteiger partial charge in [0.05, 0.1) is 0 Å². The Labute approximate surface area is 128 Å². The monoisotopic (exact) mass is 292 g/mol. The first kappa shape index (κ1) is 17.5. The molecule has 1 rings (SSSR count). The maximum atomic E-state index is 11.8. The number of aryl methyl sites for hydroxylation is 1. The van der Waals surface area contributed by atoms with Crippen molar-refractivity contribution in [1.82, 2.24) is 10.2 Å². The average molecular weight is 292 g/mol. The molecule has 0 saturated carbocycles. The largest absolute Gasteiger partial charge is 0.484 e. The molecule has 118 valence electrons. The van der Waals surface area contributed by atoms with Gasteiger partial charge in [-0.15, -0.1) is 0 Å². The van der Waals surface area contributed by atoms with Gasteiger partial charge in [-0.2, -0.15) is 0 Å². The van der Waals surface area contributed by atoms with Gasteiger partial charge in [0.2, 0.25) is 0 Å². The van der Waals surface area contributed by atoms with Crippen LogP contribution < -0.4 is 10.1 Å². The number of hydrogen-bond acceptors (Lipinski definition) is 3. The van der Waals surface area contributed by atoms with E-state index in [0.29, 0.717) is 6.04 Å². The maximum absolute atomic E-state index is 11.8. The van der Waals surface area contributed by atoms with Crippen molar-refractivity contribution >= 4 is 5.91 Å². The van der Waals surface area contributed by atoms with Crippen LogP contribution in [0.1, 0.15) is 32.8 Å². The van der Waals surface area contributed by atoms with Gasteiger partial charge in [0.25, 0.3) is 5.91 Å². The Morgan fingerprint density at radius 1 is 1.24 bits per heavy atom. The Morgan fingerprint density at radius 3 is 2.38 bits per heavy atom. The maximum Gasteiger partial charge on any atom is 0.260 e. The minimum atomic E-state index is -0.00285. The van der Waals surface area contributed by atoms with Gasteiger partial charge in [-0.3, -0.25) is 4.79 Å². The second kappa shape index (κ2) is 8.67. The molecule has 0 radical (unpaired) electrons. The van der Waals surface area contributed by atoms with Gasteiger partial charge >= 0.3 is 0 Å². The van der Waals surface area contributed by atoms with Crippen LogP contribution >= 0.6 is 0 Å². The van der Waals surface area contributed by atoms with Crippen LogP contribution in [0.2, 0.25) is 0 Å². The molecule has 0 aliphatic heterocycles. The predicted octanol–water partition coefficient (Wildman–Crippen LogP) is 2.47. The molecule has 1 aromatic rings. The average Bonchev–Trinajstić information content (AvgIpc) is 2.50. The lowest BCUT2D eigenvalue weighted by molar-refractivity contribution is -0.133. The standard InChI is InChI=1S/C17H28N2O2/c1-13(2)19(5)17(20)12-21-16-10-8-15(9-11-16)7-6-14(3)18-4/h8-11,13-14,18H,6-7,12H2,1-5H3. The summed E-state index contributed by atoms with van der Waals surface area (Å²) in [4.78, 5) is 13.5. The van der Waals surface area contributed by atoms with Crippen molar-refractivity contribution in [2.75, 3.05) is 20.7 Å². The molecular weight excluding hydrogens is 264 g/mol. The van der Waals surface area contributed by atoms with Crippen LogP contribution in [0.15, 0.2) is 24.3 Å². The van der Waals surface area contributed by atoms with Crippen LogP contribution in [-0.4, -0.2) is 43.6 Å². The molecule has 0 saturated heterocycles. The number of likely N-dealkylation sites (N-methyl/N-ethyl adjacent to an activating group) is 1. The van der Waals surface area contributed by atoms with E-state index in [0.717, 1.165) is 18.6 Å². The topological polar surface area (TPSA) is 41.6 Å². The SMILES string of the molecule is CNC(C)CCc1ccc(OCC(=O)N(C)C(C)C)cc1. The van der Waals surface area contributed by atoms with Crippen LogP contribution in [0.3, 0.4) is 0 Å². The molecular formula is C17H28N2O2. The minimum Gasteiger partial charge on any atom is -0.484 e. The molecule has 0 bridgehead atoms. The molecule has 1 unspecified atom stereocenters. The van der Waals surface area contributed by atoms with Crippen LogP contribution in [0.4, 0.5) is 0 Å². The summed E-state index contributed by atoms with van der Waals surface area (Å²) in [6.45, 7) is 6.23. The van der Waals surface area contributed by atoms with E-state index in [2.05, 4.69) is 24.4 Å². The number of rotatable bonds is 8. The number of carbonyl (C=O) groups excluding carboxylic acids is 1. The van der Waals surface area contributed by atoms with Gasteiger partial charge in [-0.25, -0.2) is 0 Å². The fourth-order valence-electron chi connectivity index (χ4n) is 1.81. The van der Waals surface area contributed by atoms with Crippen molar-refractivity contribution < 1.29 is 9.53 Å². The molecule has 4 heteroatoms. The number of carbonyl (C=O) groups is 1. The van der Waals surface area contributed by atoms with Crippen molar-refractivity contribution in [2.24, 2.45) is 0 Å². The molecule has 0 aromatic heterocycles. The van der Waals surface area contributed by atoms with E-state index in [9.17, 15) is 4.79 Å². The van der Waals surface area contributed by atoms with Crippen molar-refractivity contribution in [3.8, 4) is 5.75 Å². The highest BCUT2D eigenvalue weighted by Crippen LogP contribution is 2.14. The molecule has 1 amide bonds. The molecule has 0 spiro atoms. The van der Waals surface area contributed by atoms with E-state index in [1.165, 1.54) is 5.56 Å². The Kier molecular flexibility index (Phi) is 7.23. The molecule has 0 aliphatic rings. The molecule has 0 fully saturated rings. The molecule has 1 aromatic carbocycles. The number of amides is 1. The Balaban J connectivity index is 2.42. The van der Waals surface area contributed by atoms with E-state index in [-0.39, 0.29) is 18.6 Å². The number of benzene rings is 1. The molecule has 21 heavy (non-hydrogen) atoms. The highest BCUT2D eigenvalue weighted by atomic mass is 16.5. The molecule has 1 atom stereocenters. The second-order valence-corrected chi connectivity index (χ2v) is 5.76. The number of hydrogen-bond donors (Lipinski definition) is 1. The zero-order valence-electron chi connectivity index (χ0n) is 13.8. The number of nitrogens with one attached hydrogen (secondary N) is 1. The molecule has 0 aliphatic carbocycles. The Hall–Kier alpha value is -1.55. The zero-order valence-corrected chi connectivity index (χ0v) is 13.8. The van der Waals surface area contributed by atoms with Crippen molar-refractivity contribution in [3.63, 3.8) is 0 Å². The third-order valence-corrected chi connectivity index (χ3v) is 3.81. The zero-order chi connectivity index (χ0) is 15.8. The van der Waals surface area contributed by atoms with Gasteiger partial charge in [0.1, 0.15) is 5.75 Å². The van der Waals surface area contributed by atoms with Crippen molar-refractivity contribution in [3.05, 3.63) is 29.8 Å². The van der Waals surface area contributed by atoms with Gasteiger partial charge in [0.15, 0.2) is 6.61 Å². The van der Waals surface area contributed by atoms with E-state index < -0.39 is 0 Å². The summed E-state index contributed by atoms with van der Waals surface area (Å²) >= 11 is 0. The summed E-state index contributed by atoms with van der Waals surface area (Å²) in [6.07, 6.45) is 2.14. The summed E-state index contributed by atoms with van der Waals surface area (Å²) in [5, 5.41) is 3.23. The second-order valence-electron chi connectivity index (χ2n) is 5.76. The smallest absolute Gasteiger partial charge is 0.260 e. The molecule has 0 heterocycles. The first-order valence-corrected chi connectivity index (χ1v) is 7.58. The normalized spacial score (nSPS) is 12.3.